The van der Waals surface area contributed by atoms with Crippen LogP contribution < -0.4 is 5.32 Å². The molecule has 1 rings (SSSR count). The van der Waals surface area contributed by atoms with Crippen LogP contribution in [-0.4, -0.2) is 28.0 Å². The van der Waals surface area contributed by atoms with E-state index in [1.165, 1.54) is 24.5 Å². The zero-order valence-electron chi connectivity index (χ0n) is 8.89. The highest BCUT2D eigenvalue weighted by Crippen LogP contribution is 2.10. The van der Waals surface area contributed by atoms with Gasteiger partial charge in [-0.25, -0.2) is 4.79 Å². The Morgan fingerprint density at radius 3 is 2.53 bits per heavy atom. The summed E-state index contributed by atoms with van der Waals surface area (Å²) >= 11 is 3.07. The minimum Gasteiger partial charge on any atom is -0.480 e. The molecule has 0 aliphatic carbocycles. The maximum atomic E-state index is 11.7. The van der Waals surface area contributed by atoms with E-state index in [1.807, 2.05) is 0 Å². The van der Waals surface area contributed by atoms with Gasteiger partial charge < -0.3 is 10.4 Å². The summed E-state index contributed by atoms with van der Waals surface area (Å²) < 4.78 is 0.514. The summed E-state index contributed by atoms with van der Waals surface area (Å²) in [7, 11) is 0. The third-order valence-electron chi connectivity index (χ3n) is 1.97. The molecule has 0 saturated carbocycles. The van der Waals surface area contributed by atoms with Gasteiger partial charge >= 0.3 is 5.97 Å². The summed E-state index contributed by atoms with van der Waals surface area (Å²) in [6, 6.07) is 2.02. The largest absolute Gasteiger partial charge is 0.480 e. The lowest BCUT2D eigenvalue weighted by molar-refractivity contribution is -0.139. The normalized spacial score (nSPS) is 11.6. The molecule has 0 aliphatic heterocycles. The van der Waals surface area contributed by atoms with Crippen molar-refractivity contribution >= 4 is 27.8 Å². The number of aliphatic carboxylic acids is 1. The number of aromatic nitrogens is 1. The zero-order chi connectivity index (χ0) is 12.8. The van der Waals surface area contributed by atoms with Crippen LogP contribution in [0.4, 0.5) is 0 Å². The summed E-state index contributed by atoms with van der Waals surface area (Å²) in [5.41, 5.74) is 0.367. The first-order valence-corrected chi connectivity index (χ1v) is 5.57. The number of halogens is 1. The molecule has 1 heterocycles. The Morgan fingerprint density at radius 2 is 2.06 bits per heavy atom. The van der Waals surface area contributed by atoms with Gasteiger partial charge in [0.2, 0.25) is 0 Å². The first kappa shape index (κ1) is 13.4. The predicted octanol–water partition coefficient (Wildman–Crippen LogP) is 1.56. The summed E-state index contributed by atoms with van der Waals surface area (Å²) in [5.74, 6) is -1.55. The lowest BCUT2D eigenvalue weighted by Crippen LogP contribution is -2.40. The number of hydrogen-bond acceptors (Lipinski definition) is 3. The van der Waals surface area contributed by atoms with Crippen LogP contribution in [-0.2, 0) is 4.79 Å². The van der Waals surface area contributed by atoms with Crippen molar-refractivity contribution in [3.8, 4) is 0 Å². The van der Waals surface area contributed by atoms with E-state index >= 15 is 0 Å². The molecule has 1 amide bonds. The second kappa shape index (κ2) is 6.15. The van der Waals surface area contributed by atoms with Crippen LogP contribution in [0, 0.1) is 0 Å². The average Bonchev–Trinajstić information content (AvgIpc) is 2.28. The van der Waals surface area contributed by atoms with Gasteiger partial charge in [0.05, 0.1) is 0 Å². The molecule has 0 aromatic carbocycles. The SMILES string of the molecule is C=C(Br)C[C@@H](NC(=O)c1ccncc1)C(=O)O. The molecule has 0 saturated heterocycles. The van der Waals surface area contributed by atoms with Gasteiger partial charge in [-0.2, -0.15) is 0 Å². The van der Waals surface area contributed by atoms with Gasteiger partial charge in [0.25, 0.3) is 5.91 Å². The monoisotopic (exact) mass is 298 g/mol. The topological polar surface area (TPSA) is 79.3 Å². The molecule has 2 N–H and O–H groups in total. The molecule has 17 heavy (non-hydrogen) atoms. The van der Waals surface area contributed by atoms with Crippen LogP contribution in [0.2, 0.25) is 0 Å². The first-order chi connectivity index (χ1) is 8.00. The summed E-state index contributed by atoms with van der Waals surface area (Å²) in [5, 5.41) is 11.3. The van der Waals surface area contributed by atoms with Gasteiger partial charge in [-0.05, 0) is 16.6 Å². The molecule has 1 aromatic heterocycles. The van der Waals surface area contributed by atoms with Crippen LogP contribution in [0.3, 0.4) is 0 Å². The Balaban J connectivity index is 2.71. The van der Waals surface area contributed by atoms with Gasteiger partial charge in [-0.15, -0.1) is 0 Å². The third kappa shape index (κ3) is 4.36. The molecule has 6 heteroatoms. The van der Waals surface area contributed by atoms with Crippen molar-refractivity contribution in [2.75, 3.05) is 0 Å². The second-order valence-electron chi connectivity index (χ2n) is 3.32. The number of nitrogens with zero attached hydrogens (tertiary/aromatic N) is 1. The maximum Gasteiger partial charge on any atom is 0.326 e. The van der Waals surface area contributed by atoms with E-state index < -0.39 is 17.9 Å². The van der Waals surface area contributed by atoms with Crippen molar-refractivity contribution in [3.05, 3.63) is 41.2 Å². The number of rotatable bonds is 5. The summed E-state index contributed by atoms with van der Waals surface area (Å²) in [4.78, 5) is 26.4. The van der Waals surface area contributed by atoms with E-state index in [4.69, 9.17) is 5.11 Å². The smallest absolute Gasteiger partial charge is 0.326 e. The van der Waals surface area contributed by atoms with Crippen molar-refractivity contribution in [2.45, 2.75) is 12.5 Å². The molecule has 1 aromatic rings. The minimum atomic E-state index is -1.10. The standard InChI is InChI=1S/C11H11BrN2O3/c1-7(12)6-9(11(16)17)14-10(15)8-2-4-13-5-3-8/h2-5,9H,1,6H2,(H,14,15)(H,16,17)/t9-/m1/s1. The molecule has 90 valence electrons. The van der Waals surface area contributed by atoms with Gasteiger partial charge in [0.1, 0.15) is 6.04 Å². The number of amides is 1. The average molecular weight is 299 g/mol. The van der Waals surface area contributed by atoms with Crippen molar-refractivity contribution in [2.24, 2.45) is 0 Å². The van der Waals surface area contributed by atoms with E-state index in [1.54, 1.807) is 0 Å². The van der Waals surface area contributed by atoms with Crippen LogP contribution in [0.25, 0.3) is 0 Å². The van der Waals surface area contributed by atoms with Crippen LogP contribution in [0.15, 0.2) is 35.6 Å². The number of carboxylic acids is 1. The fourth-order valence-electron chi connectivity index (χ4n) is 1.17. The van der Waals surface area contributed by atoms with E-state index in [0.29, 0.717) is 10.0 Å². The lowest BCUT2D eigenvalue weighted by atomic mass is 10.2. The minimum absolute atomic E-state index is 0.131. The summed E-state index contributed by atoms with van der Waals surface area (Å²) in [6.07, 6.45) is 3.06. The lowest BCUT2D eigenvalue weighted by Gasteiger charge is -2.13. The maximum absolute atomic E-state index is 11.7. The predicted molar refractivity (Wildman–Crippen MR) is 65.8 cm³/mol. The zero-order valence-corrected chi connectivity index (χ0v) is 10.5. The molecule has 5 nitrogen and oxygen atoms in total. The van der Waals surface area contributed by atoms with Gasteiger partial charge in [0, 0.05) is 24.4 Å². The molecular weight excluding hydrogens is 288 g/mol. The van der Waals surface area contributed by atoms with E-state index in [2.05, 4.69) is 32.8 Å². The van der Waals surface area contributed by atoms with E-state index in [0.717, 1.165) is 0 Å². The Morgan fingerprint density at radius 1 is 1.47 bits per heavy atom. The van der Waals surface area contributed by atoms with Crippen LogP contribution in [0.1, 0.15) is 16.8 Å². The third-order valence-corrected chi connectivity index (χ3v) is 2.30. The fraction of sp³-hybridized carbons (Fsp3) is 0.182. The van der Waals surface area contributed by atoms with Crippen molar-refractivity contribution in [1.29, 1.82) is 0 Å². The quantitative estimate of drug-likeness (QED) is 0.865. The number of nitrogens with one attached hydrogen (secondary N) is 1. The summed E-state index contributed by atoms with van der Waals surface area (Å²) in [6.45, 7) is 3.55. The molecular formula is C11H11BrN2O3. The highest BCUT2D eigenvalue weighted by Gasteiger charge is 2.20. The molecule has 0 spiro atoms. The fourth-order valence-corrected chi connectivity index (χ4v) is 1.49. The molecule has 0 unspecified atom stereocenters. The Bertz CT molecular complexity index is 434. The molecule has 0 radical (unpaired) electrons. The first-order valence-electron chi connectivity index (χ1n) is 4.77. The van der Waals surface area contributed by atoms with Gasteiger partial charge in [0.15, 0.2) is 0 Å². The highest BCUT2D eigenvalue weighted by molar-refractivity contribution is 9.11. The number of carboxylic acid groups (broad SMARTS) is 1. The van der Waals surface area contributed by atoms with Crippen LogP contribution in [0.5, 0.6) is 0 Å². The number of pyridine rings is 1. The van der Waals surface area contributed by atoms with Crippen molar-refractivity contribution in [1.82, 2.24) is 10.3 Å². The second-order valence-corrected chi connectivity index (χ2v) is 4.44. The van der Waals surface area contributed by atoms with E-state index in [-0.39, 0.29) is 6.42 Å². The molecule has 0 bridgehead atoms. The van der Waals surface area contributed by atoms with Crippen LogP contribution >= 0.6 is 15.9 Å². The highest BCUT2D eigenvalue weighted by atomic mass is 79.9. The van der Waals surface area contributed by atoms with E-state index in [9.17, 15) is 9.59 Å². The molecule has 0 aliphatic rings. The van der Waals surface area contributed by atoms with Gasteiger partial charge in [-0.3, -0.25) is 9.78 Å². The van der Waals surface area contributed by atoms with Crippen molar-refractivity contribution < 1.29 is 14.7 Å². The van der Waals surface area contributed by atoms with Crippen molar-refractivity contribution in [3.63, 3.8) is 0 Å². The Labute approximate surface area is 107 Å². The van der Waals surface area contributed by atoms with Gasteiger partial charge in [-0.1, -0.05) is 22.5 Å². The Hall–Kier alpha value is -1.69. The number of hydrogen-bond donors (Lipinski definition) is 2. The Kier molecular flexibility index (Phi) is 4.84. The molecule has 0 fully saturated rings. The number of carbonyl (C=O) groups is 2. The number of carbonyl (C=O) groups excluding carboxylic acids is 1. The molecule has 1 atom stereocenters.